The number of hydrogen-bond acceptors (Lipinski definition) is 8. The normalized spacial score (nSPS) is 15.5. The second-order valence-corrected chi connectivity index (χ2v) is 8.55. The fourth-order valence-electron chi connectivity index (χ4n) is 3.84. The molecule has 14 heteroatoms. The number of thiophene rings is 1. The molecule has 33 heavy (non-hydrogen) atoms. The molecule has 0 saturated carbocycles. The summed E-state index contributed by atoms with van der Waals surface area (Å²) in [6.07, 6.45) is -3.78. The Hall–Kier alpha value is -3.55. The molecule has 0 aliphatic carbocycles. The summed E-state index contributed by atoms with van der Waals surface area (Å²) in [5, 5.41) is 12.9. The number of aryl methyl sites for hydroxylation is 1. The number of anilines is 1. The predicted octanol–water partition coefficient (Wildman–Crippen LogP) is 2.21. The van der Waals surface area contributed by atoms with E-state index in [0.29, 0.717) is 52.3 Å². The molecule has 4 aromatic heterocycles. The van der Waals surface area contributed by atoms with Crippen LogP contribution in [-0.4, -0.2) is 48.5 Å². The molecule has 1 amide bonds. The number of fused-ring (bicyclic) bond motifs is 2. The highest BCUT2D eigenvalue weighted by molar-refractivity contribution is 7.16. The molecule has 0 bridgehead atoms. The van der Waals surface area contributed by atoms with Crippen LogP contribution in [0.3, 0.4) is 0 Å². The quantitative estimate of drug-likeness (QED) is 0.481. The van der Waals surface area contributed by atoms with Gasteiger partial charge in [-0.3, -0.25) is 15.0 Å². The Labute approximate surface area is 187 Å². The van der Waals surface area contributed by atoms with Gasteiger partial charge >= 0.3 is 6.18 Å². The minimum atomic E-state index is -4.67. The van der Waals surface area contributed by atoms with Crippen LogP contribution >= 0.6 is 11.3 Å². The molecule has 5 rings (SSSR count). The van der Waals surface area contributed by atoms with Crippen molar-refractivity contribution in [2.75, 3.05) is 23.4 Å². The summed E-state index contributed by atoms with van der Waals surface area (Å²) in [5.74, 6) is -1.14. The lowest BCUT2D eigenvalue weighted by atomic mass is 9.96. The summed E-state index contributed by atoms with van der Waals surface area (Å²) in [4.78, 5) is 32.2. The van der Waals surface area contributed by atoms with Gasteiger partial charge in [0.15, 0.2) is 5.65 Å². The van der Waals surface area contributed by atoms with E-state index in [-0.39, 0.29) is 23.0 Å². The third-order valence-electron chi connectivity index (χ3n) is 5.58. The number of amides is 1. The topological polar surface area (TPSA) is 110 Å². The average molecular weight is 478 g/mol. The van der Waals surface area contributed by atoms with E-state index in [0.717, 1.165) is 4.68 Å². The number of carbonyl (C=O) groups is 1. The predicted molar refractivity (Wildman–Crippen MR) is 114 cm³/mol. The maximum absolute atomic E-state index is 13.1. The number of aromatic nitrogens is 6. The lowest BCUT2D eigenvalue weighted by Crippen LogP contribution is -2.43. The molecule has 1 N–H and O–H groups in total. The number of nitrogens with zero attached hydrogens (tertiary/aromatic N) is 7. The van der Waals surface area contributed by atoms with Crippen LogP contribution < -0.4 is 15.9 Å². The maximum atomic E-state index is 13.1. The van der Waals surface area contributed by atoms with Crippen molar-refractivity contribution < 1.29 is 18.0 Å². The minimum absolute atomic E-state index is 0.00245. The Kier molecular flexibility index (Phi) is 5.03. The molecular formula is C19H17F3N8O2S. The van der Waals surface area contributed by atoms with Crippen molar-refractivity contribution in [2.24, 2.45) is 5.92 Å². The first-order valence-electron chi connectivity index (χ1n) is 10.0. The minimum Gasteiger partial charge on any atom is -0.355 e. The van der Waals surface area contributed by atoms with Gasteiger partial charge in [-0.1, -0.05) is 0 Å². The molecule has 0 radical (unpaired) electrons. The van der Waals surface area contributed by atoms with Crippen LogP contribution in [0, 0.1) is 12.8 Å². The van der Waals surface area contributed by atoms with Crippen LogP contribution in [0.25, 0.3) is 15.9 Å². The summed E-state index contributed by atoms with van der Waals surface area (Å²) >= 11 is 1.35. The molecule has 10 nitrogen and oxygen atoms in total. The fraction of sp³-hybridized carbons (Fsp3) is 0.368. The van der Waals surface area contributed by atoms with Gasteiger partial charge in [0, 0.05) is 19.0 Å². The lowest BCUT2D eigenvalue weighted by Gasteiger charge is -2.32. The highest BCUT2D eigenvalue weighted by Gasteiger charge is 2.38. The van der Waals surface area contributed by atoms with Crippen LogP contribution in [0.15, 0.2) is 28.4 Å². The second-order valence-electron chi connectivity index (χ2n) is 7.66. The molecule has 1 saturated heterocycles. The standard InChI is InChI=1S/C19H17F3N8O2S/c1-10-23-16-12(6-9-33-16)17(32)29(10)27-15(31)11-4-7-28(8-5-11)14-3-2-13-24-25-18(19(20,21)22)30(13)26-14/h2-3,6,9,11H,4-5,7-8H2,1H3,(H,27,31). The molecule has 0 aromatic carbocycles. The van der Waals surface area contributed by atoms with Crippen molar-refractivity contribution in [3.63, 3.8) is 0 Å². The van der Waals surface area contributed by atoms with Crippen molar-refractivity contribution >= 4 is 38.9 Å². The number of rotatable bonds is 3. The van der Waals surface area contributed by atoms with Crippen LogP contribution in [-0.2, 0) is 11.0 Å². The molecule has 0 atom stereocenters. The first-order valence-corrected chi connectivity index (χ1v) is 10.9. The molecule has 4 aromatic rings. The molecule has 0 unspecified atom stereocenters. The van der Waals surface area contributed by atoms with Crippen molar-refractivity contribution in [3.05, 3.63) is 45.6 Å². The van der Waals surface area contributed by atoms with E-state index < -0.39 is 12.0 Å². The number of carbonyl (C=O) groups excluding carboxylic acids is 1. The van der Waals surface area contributed by atoms with Gasteiger partial charge in [0.1, 0.15) is 16.5 Å². The number of alkyl halides is 3. The number of hydrogen-bond donors (Lipinski definition) is 1. The van der Waals surface area contributed by atoms with Gasteiger partial charge in [0.25, 0.3) is 11.4 Å². The highest BCUT2D eigenvalue weighted by Crippen LogP contribution is 2.28. The third-order valence-corrected chi connectivity index (χ3v) is 6.39. The van der Waals surface area contributed by atoms with E-state index in [2.05, 4.69) is 25.7 Å². The summed E-state index contributed by atoms with van der Waals surface area (Å²) < 4.78 is 41.2. The molecule has 0 spiro atoms. The summed E-state index contributed by atoms with van der Waals surface area (Å²) in [7, 11) is 0. The van der Waals surface area contributed by atoms with Crippen LogP contribution in [0.2, 0.25) is 0 Å². The van der Waals surface area contributed by atoms with E-state index >= 15 is 0 Å². The summed E-state index contributed by atoms with van der Waals surface area (Å²) in [6.45, 7) is 2.47. The van der Waals surface area contributed by atoms with E-state index in [1.807, 2.05) is 0 Å². The molecule has 1 aliphatic rings. The van der Waals surface area contributed by atoms with Gasteiger partial charge in [-0.25, -0.2) is 9.66 Å². The van der Waals surface area contributed by atoms with Gasteiger partial charge in [0.05, 0.1) is 5.39 Å². The summed E-state index contributed by atoms with van der Waals surface area (Å²) in [5.41, 5.74) is 2.32. The molecular weight excluding hydrogens is 461 g/mol. The Morgan fingerprint density at radius 2 is 1.94 bits per heavy atom. The van der Waals surface area contributed by atoms with E-state index in [1.54, 1.807) is 29.3 Å². The lowest BCUT2D eigenvalue weighted by molar-refractivity contribution is -0.146. The van der Waals surface area contributed by atoms with Gasteiger partial charge < -0.3 is 4.90 Å². The van der Waals surface area contributed by atoms with E-state index in [1.165, 1.54) is 17.4 Å². The van der Waals surface area contributed by atoms with Crippen molar-refractivity contribution in [1.82, 2.24) is 29.5 Å². The van der Waals surface area contributed by atoms with E-state index in [9.17, 15) is 22.8 Å². The Bertz CT molecular complexity index is 1420. The SMILES string of the molecule is Cc1nc2sccc2c(=O)n1NC(=O)C1CCN(c2ccc3nnc(C(F)(F)F)n3n2)CC1. The molecule has 1 fully saturated rings. The first kappa shape index (κ1) is 21.3. The Morgan fingerprint density at radius 3 is 2.67 bits per heavy atom. The van der Waals surface area contributed by atoms with Crippen molar-refractivity contribution in [1.29, 1.82) is 0 Å². The zero-order valence-corrected chi connectivity index (χ0v) is 18.0. The van der Waals surface area contributed by atoms with Gasteiger partial charge in [-0.2, -0.15) is 17.7 Å². The summed E-state index contributed by atoms with van der Waals surface area (Å²) in [6, 6.07) is 4.67. The zero-order chi connectivity index (χ0) is 23.3. The van der Waals surface area contributed by atoms with E-state index in [4.69, 9.17) is 0 Å². The fourth-order valence-corrected chi connectivity index (χ4v) is 4.64. The maximum Gasteiger partial charge on any atom is 0.453 e. The zero-order valence-electron chi connectivity index (χ0n) is 17.2. The monoisotopic (exact) mass is 478 g/mol. The van der Waals surface area contributed by atoms with Crippen LogP contribution in [0.1, 0.15) is 24.5 Å². The Morgan fingerprint density at radius 1 is 1.18 bits per heavy atom. The van der Waals surface area contributed by atoms with Gasteiger partial charge in [0.2, 0.25) is 5.91 Å². The number of halogens is 3. The van der Waals surface area contributed by atoms with Crippen molar-refractivity contribution in [2.45, 2.75) is 25.9 Å². The highest BCUT2D eigenvalue weighted by atomic mass is 32.1. The Balaban J connectivity index is 1.29. The molecule has 5 heterocycles. The third kappa shape index (κ3) is 3.79. The number of piperidine rings is 1. The van der Waals surface area contributed by atoms with Crippen LogP contribution in [0.4, 0.5) is 19.0 Å². The van der Waals surface area contributed by atoms with Gasteiger partial charge in [-0.15, -0.1) is 26.6 Å². The second kappa shape index (κ2) is 7.79. The molecule has 1 aliphatic heterocycles. The molecule has 172 valence electrons. The smallest absolute Gasteiger partial charge is 0.355 e. The van der Waals surface area contributed by atoms with Gasteiger partial charge in [-0.05, 0) is 43.3 Å². The number of nitrogens with one attached hydrogen (secondary N) is 1. The average Bonchev–Trinajstić information content (AvgIpc) is 3.43. The largest absolute Gasteiger partial charge is 0.453 e. The van der Waals surface area contributed by atoms with Crippen molar-refractivity contribution in [3.8, 4) is 0 Å². The van der Waals surface area contributed by atoms with Crippen LogP contribution in [0.5, 0.6) is 0 Å². The first-order chi connectivity index (χ1) is 15.7.